The van der Waals surface area contributed by atoms with Crippen LogP contribution in [0.5, 0.6) is 0 Å². The summed E-state index contributed by atoms with van der Waals surface area (Å²) in [6.45, 7) is 6.31. The summed E-state index contributed by atoms with van der Waals surface area (Å²) in [6, 6.07) is 0.243. The lowest BCUT2D eigenvalue weighted by Crippen LogP contribution is -2.40. The molecule has 0 heterocycles. The second-order valence-corrected chi connectivity index (χ2v) is 4.81. The number of nitrogens with zero attached hydrogens (tertiary/aromatic N) is 1. The molecule has 0 spiro atoms. The Bertz CT molecular complexity index is 286. The van der Waals surface area contributed by atoms with Gasteiger partial charge in [-0.3, -0.25) is 4.79 Å². The van der Waals surface area contributed by atoms with E-state index in [1.165, 1.54) is 0 Å². The van der Waals surface area contributed by atoms with Gasteiger partial charge in [0.25, 0.3) is 0 Å². The zero-order chi connectivity index (χ0) is 14.0. The van der Waals surface area contributed by atoms with Crippen LogP contribution in [0.3, 0.4) is 0 Å². The van der Waals surface area contributed by atoms with E-state index in [-0.39, 0.29) is 11.9 Å². The third kappa shape index (κ3) is 6.25. The molecule has 1 amide bonds. The molecule has 0 fully saturated rings. The van der Waals surface area contributed by atoms with Gasteiger partial charge in [0.1, 0.15) is 0 Å². The average molecular weight is 272 g/mol. The highest BCUT2D eigenvalue weighted by atomic mass is 35.5. The number of rotatable bonds is 8. The summed E-state index contributed by atoms with van der Waals surface area (Å²) in [5.74, 6) is 1.04. The summed E-state index contributed by atoms with van der Waals surface area (Å²) in [6.07, 6.45) is 10.4. The van der Waals surface area contributed by atoms with Crippen molar-refractivity contribution in [2.45, 2.75) is 46.1 Å². The number of carbonyl (C=O) groups excluding carboxylic acids is 1. The highest BCUT2D eigenvalue weighted by molar-refractivity contribution is 6.18. The summed E-state index contributed by atoms with van der Waals surface area (Å²) in [5, 5.41) is 0. The van der Waals surface area contributed by atoms with E-state index in [0.29, 0.717) is 18.2 Å². The van der Waals surface area contributed by atoms with E-state index < -0.39 is 0 Å². The summed E-state index contributed by atoms with van der Waals surface area (Å²) < 4.78 is 0. The van der Waals surface area contributed by atoms with Gasteiger partial charge in [0.2, 0.25) is 5.91 Å². The molecule has 0 aromatic carbocycles. The van der Waals surface area contributed by atoms with Crippen LogP contribution in [0.15, 0.2) is 24.3 Å². The summed E-state index contributed by atoms with van der Waals surface area (Å²) in [7, 11) is 1.89. The van der Waals surface area contributed by atoms with Gasteiger partial charge < -0.3 is 4.90 Å². The molecule has 2 nitrogen and oxygen atoms in total. The second-order valence-electron chi connectivity index (χ2n) is 4.51. The molecular formula is C15H26ClNO. The second kappa shape index (κ2) is 10.2. The van der Waals surface area contributed by atoms with E-state index in [1.807, 2.05) is 30.2 Å². The first-order valence-corrected chi connectivity index (χ1v) is 7.25. The van der Waals surface area contributed by atoms with E-state index >= 15 is 0 Å². The summed E-state index contributed by atoms with van der Waals surface area (Å²) >= 11 is 5.64. The third-order valence-corrected chi connectivity index (χ3v) is 3.32. The molecule has 18 heavy (non-hydrogen) atoms. The van der Waals surface area contributed by atoms with Crippen LogP contribution in [0, 0.1) is 5.92 Å². The lowest BCUT2D eigenvalue weighted by Gasteiger charge is -2.30. The van der Waals surface area contributed by atoms with Crippen molar-refractivity contribution in [3.63, 3.8) is 0 Å². The molecule has 0 aromatic heterocycles. The highest BCUT2D eigenvalue weighted by Gasteiger charge is 2.21. The van der Waals surface area contributed by atoms with Crippen molar-refractivity contribution in [1.29, 1.82) is 0 Å². The summed E-state index contributed by atoms with van der Waals surface area (Å²) in [4.78, 5) is 13.9. The van der Waals surface area contributed by atoms with Gasteiger partial charge in [-0.1, -0.05) is 45.1 Å². The molecular weight excluding hydrogens is 246 g/mol. The minimum absolute atomic E-state index is 0.178. The topological polar surface area (TPSA) is 20.3 Å². The molecule has 0 rings (SSSR count). The minimum Gasteiger partial charge on any atom is -0.342 e. The Hall–Kier alpha value is -0.760. The van der Waals surface area contributed by atoms with Crippen LogP contribution in [0.1, 0.15) is 40.0 Å². The van der Waals surface area contributed by atoms with Crippen molar-refractivity contribution >= 4 is 17.5 Å². The van der Waals surface area contributed by atoms with Crippen LogP contribution in [0.2, 0.25) is 0 Å². The van der Waals surface area contributed by atoms with Crippen molar-refractivity contribution in [3.8, 4) is 0 Å². The minimum atomic E-state index is 0.178. The van der Waals surface area contributed by atoms with E-state index in [4.69, 9.17) is 11.6 Å². The standard InChI is InChI=1S/C15H26ClNO/c1-5-7-8-11-15(18)17(4)14(6-2)13(3)10-9-12-16/h7-10,13-14H,5-6,11-12H2,1-4H3/b8-7+,10-9-/t13-,14?/m0/s1. The van der Waals surface area contributed by atoms with Crippen LogP contribution >= 0.6 is 11.6 Å². The van der Waals surface area contributed by atoms with Crippen LogP contribution in [0.4, 0.5) is 0 Å². The fourth-order valence-electron chi connectivity index (χ4n) is 2.07. The molecule has 104 valence electrons. The number of carbonyl (C=O) groups is 1. The van der Waals surface area contributed by atoms with Crippen LogP contribution in [-0.2, 0) is 4.79 Å². The van der Waals surface area contributed by atoms with Crippen LogP contribution < -0.4 is 0 Å². The molecule has 0 saturated heterocycles. The van der Waals surface area contributed by atoms with E-state index in [9.17, 15) is 4.79 Å². The third-order valence-electron chi connectivity index (χ3n) is 3.14. The number of allylic oxidation sites excluding steroid dienone is 2. The van der Waals surface area contributed by atoms with Gasteiger partial charge >= 0.3 is 0 Å². The fourth-order valence-corrected chi connectivity index (χ4v) is 2.18. The molecule has 0 aromatic rings. The maximum absolute atomic E-state index is 12.0. The van der Waals surface area contributed by atoms with Crippen molar-refractivity contribution in [1.82, 2.24) is 4.90 Å². The first-order valence-electron chi connectivity index (χ1n) is 6.71. The number of hydrogen-bond donors (Lipinski definition) is 0. The lowest BCUT2D eigenvalue weighted by molar-refractivity contribution is -0.131. The molecule has 0 bridgehead atoms. The molecule has 2 atom stereocenters. The quantitative estimate of drug-likeness (QED) is 0.482. The van der Waals surface area contributed by atoms with Crippen molar-refractivity contribution in [3.05, 3.63) is 24.3 Å². The number of amides is 1. The number of alkyl halides is 1. The van der Waals surface area contributed by atoms with Crippen molar-refractivity contribution in [2.75, 3.05) is 12.9 Å². The van der Waals surface area contributed by atoms with Gasteiger partial charge in [-0.2, -0.15) is 0 Å². The van der Waals surface area contributed by atoms with Gasteiger partial charge in [-0.05, 0) is 18.8 Å². The van der Waals surface area contributed by atoms with Crippen molar-refractivity contribution < 1.29 is 4.79 Å². The zero-order valence-electron chi connectivity index (χ0n) is 12.0. The molecule has 0 radical (unpaired) electrons. The Morgan fingerprint density at radius 1 is 1.28 bits per heavy atom. The SMILES string of the molecule is CC/C=C/CC(=O)N(C)C(CC)[C@@H](C)/C=C\CCl. The zero-order valence-corrected chi connectivity index (χ0v) is 12.8. The maximum atomic E-state index is 12.0. The maximum Gasteiger partial charge on any atom is 0.226 e. The molecule has 0 saturated carbocycles. The molecule has 1 unspecified atom stereocenters. The molecule has 0 aliphatic rings. The van der Waals surface area contributed by atoms with Crippen LogP contribution in [0.25, 0.3) is 0 Å². The van der Waals surface area contributed by atoms with Crippen molar-refractivity contribution in [2.24, 2.45) is 5.92 Å². The lowest BCUT2D eigenvalue weighted by atomic mass is 9.97. The molecule has 3 heteroatoms. The Labute approximate surface area is 117 Å². The molecule has 0 N–H and O–H groups in total. The largest absolute Gasteiger partial charge is 0.342 e. The van der Waals surface area contributed by atoms with Gasteiger partial charge in [0.15, 0.2) is 0 Å². The number of halogens is 1. The Morgan fingerprint density at radius 3 is 2.44 bits per heavy atom. The smallest absolute Gasteiger partial charge is 0.226 e. The molecule has 0 aliphatic carbocycles. The average Bonchev–Trinajstić information content (AvgIpc) is 2.37. The molecule has 0 aliphatic heterocycles. The van der Waals surface area contributed by atoms with Crippen LogP contribution in [-0.4, -0.2) is 29.8 Å². The number of hydrogen-bond acceptors (Lipinski definition) is 1. The Balaban J connectivity index is 4.49. The predicted molar refractivity (Wildman–Crippen MR) is 79.9 cm³/mol. The highest BCUT2D eigenvalue weighted by Crippen LogP contribution is 2.16. The van der Waals surface area contributed by atoms with Gasteiger partial charge in [-0.25, -0.2) is 0 Å². The van der Waals surface area contributed by atoms with E-state index in [0.717, 1.165) is 12.8 Å². The van der Waals surface area contributed by atoms with Gasteiger partial charge in [0, 0.05) is 25.4 Å². The Kier molecular flexibility index (Phi) is 9.76. The Morgan fingerprint density at radius 2 is 1.94 bits per heavy atom. The summed E-state index contributed by atoms with van der Waals surface area (Å²) in [5.41, 5.74) is 0. The first-order chi connectivity index (χ1) is 8.58. The van der Waals surface area contributed by atoms with E-state index in [2.05, 4.69) is 26.8 Å². The van der Waals surface area contributed by atoms with Gasteiger partial charge in [-0.15, -0.1) is 11.6 Å². The predicted octanol–water partition coefficient (Wildman–Crippen LogP) is 4.01. The fraction of sp³-hybridized carbons (Fsp3) is 0.667. The first kappa shape index (κ1) is 17.2. The normalized spacial score (nSPS) is 15.2. The van der Waals surface area contributed by atoms with E-state index in [1.54, 1.807) is 0 Å². The van der Waals surface area contributed by atoms with Gasteiger partial charge in [0.05, 0.1) is 0 Å². The monoisotopic (exact) mass is 271 g/mol.